The number of phenolic OH excluding ortho intramolecular Hbond substituents is 1. The van der Waals surface area contributed by atoms with E-state index in [1.54, 1.807) is 24.5 Å². The molecule has 1 amide bonds. The van der Waals surface area contributed by atoms with E-state index in [0.717, 1.165) is 23.4 Å². The lowest BCUT2D eigenvalue weighted by Crippen LogP contribution is -2.23. The summed E-state index contributed by atoms with van der Waals surface area (Å²) in [7, 11) is 1.55. The van der Waals surface area contributed by atoms with Gasteiger partial charge >= 0.3 is 0 Å². The number of nitrogens with one attached hydrogen (secondary N) is 1. The average Bonchev–Trinajstić information content (AvgIpc) is 2.91. The van der Waals surface area contributed by atoms with Gasteiger partial charge in [-0.05, 0) is 54.0 Å². The van der Waals surface area contributed by atoms with Crippen LogP contribution in [0.2, 0.25) is 0 Å². The van der Waals surface area contributed by atoms with Gasteiger partial charge < -0.3 is 15.2 Å². The minimum Gasteiger partial charge on any atom is -0.504 e. The van der Waals surface area contributed by atoms with Crippen LogP contribution in [0.1, 0.15) is 47.3 Å². The van der Waals surface area contributed by atoms with E-state index in [0.29, 0.717) is 18.1 Å². The molecule has 4 rings (SSSR count). The fourth-order valence-corrected chi connectivity index (χ4v) is 5.39. The highest BCUT2D eigenvalue weighted by Crippen LogP contribution is 2.49. The Morgan fingerprint density at radius 3 is 2.96 bits per heavy atom. The molecule has 0 unspecified atom stereocenters. The highest BCUT2D eigenvalue weighted by molar-refractivity contribution is 7.16. The van der Waals surface area contributed by atoms with Gasteiger partial charge in [0.2, 0.25) is 5.91 Å². The summed E-state index contributed by atoms with van der Waals surface area (Å²) in [4.78, 5) is 13.7. The molecule has 0 saturated carbocycles. The largest absolute Gasteiger partial charge is 0.504 e. The van der Waals surface area contributed by atoms with E-state index >= 15 is 0 Å². The molecule has 2 heterocycles. The Balaban J connectivity index is 1.83. The summed E-state index contributed by atoms with van der Waals surface area (Å²) in [5.74, 6) is 1.39. The second-order valence-electron chi connectivity index (χ2n) is 6.83. The van der Waals surface area contributed by atoms with Crippen molar-refractivity contribution >= 4 is 22.2 Å². The van der Waals surface area contributed by atoms with Crippen LogP contribution in [0.15, 0.2) is 18.2 Å². The van der Waals surface area contributed by atoms with Crippen molar-refractivity contribution in [1.29, 1.82) is 0 Å². The normalized spacial score (nSPS) is 22.5. The number of phenols is 1. The molecule has 0 radical (unpaired) electrons. The summed E-state index contributed by atoms with van der Waals surface area (Å²) >= 11 is 1.74. The van der Waals surface area contributed by atoms with Crippen LogP contribution in [0.25, 0.3) is 0 Å². The standard InChI is InChI=1S/C19H21NO3S/c1-10-3-5-12-16(7-10)24-19-18(12)13(9-17(22)20-19)11-4-6-14(21)15(8-11)23-2/h4,6,8,10,13,21H,3,5,7,9H2,1-2H3,(H,20,22)/t10-,13-/m1/s1. The average molecular weight is 343 g/mol. The van der Waals surface area contributed by atoms with Gasteiger partial charge in [0.15, 0.2) is 11.5 Å². The number of hydrogen-bond donors (Lipinski definition) is 2. The summed E-state index contributed by atoms with van der Waals surface area (Å²) in [6.07, 6.45) is 3.84. The molecule has 2 aromatic rings. The molecule has 1 aliphatic carbocycles. The number of hydrogen-bond acceptors (Lipinski definition) is 4. The molecular formula is C19H21NO3S. The number of carbonyl (C=O) groups is 1. The highest BCUT2D eigenvalue weighted by atomic mass is 32.1. The molecule has 0 saturated heterocycles. The van der Waals surface area contributed by atoms with Crippen molar-refractivity contribution in [3.8, 4) is 11.5 Å². The van der Waals surface area contributed by atoms with Gasteiger partial charge in [-0.1, -0.05) is 13.0 Å². The summed E-state index contributed by atoms with van der Waals surface area (Å²) in [6, 6.07) is 5.42. The minimum atomic E-state index is 0.0386. The van der Waals surface area contributed by atoms with Crippen LogP contribution in [0, 0.1) is 5.92 Å². The third-order valence-electron chi connectivity index (χ3n) is 5.15. The summed E-state index contributed by atoms with van der Waals surface area (Å²) in [5, 5.41) is 13.9. The first kappa shape index (κ1) is 15.5. The quantitative estimate of drug-likeness (QED) is 0.864. The van der Waals surface area contributed by atoms with E-state index in [9.17, 15) is 9.90 Å². The lowest BCUT2D eigenvalue weighted by atomic mass is 9.80. The lowest BCUT2D eigenvalue weighted by molar-refractivity contribution is -0.116. The maximum Gasteiger partial charge on any atom is 0.225 e. The van der Waals surface area contributed by atoms with Crippen LogP contribution in [-0.4, -0.2) is 18.1 Å². The molecule has 24 heavy (non-hydrogen) atoms. The number of aromatic hydroxyl groups is 1. The first-order valence-corrected chi connectivity index (χ1v) is 9.19. The molecule has 2 atom stereocenters. The van der Waals surface area contributed by atoms with Gasteiger partial charge in [0, 0.05) is 17.2 Å². The van der Waals surface area contributed by atoms with Crippen molar-refractivity contribution in [1.82, 2.24) is 0 Å². The number of thiophene rings is 1. The Morgan fingerprint density at radius 1 is 1.33 bits per heavy atom. The summed E-state index contributed by atoms with van der Waals surface area (Å²) in [5.41, 5.74) is 3.75. The van der Waals surface area contributed by atoms with Crippen LogP contribution < -0.4 is 10.1 Å². The molecule has 2 N–H and O–H groups in total. The van der Waals surface area contributed by atoms with Crippen LogP contribution in [0.5, 0.6) is 11.5 Å². The number of fused-ring (bicyclic) bond motifs is 3. The highest BCUT2D eigenvalue weighted by Gasteiger charge is 2.34. The maximum atomic E-state index is 12.2. The number of ether oxygens (including phenoxy) is 1. The van der Waals surface area contributed by atoms with Gasteiger partial charge in [-0.15, -0.1) is 11.3 Å². The Hall–Kier alpha value is -2.01. The number of benzene rings is 1. The Kier molecular flexibility index (Phi) is 3.76. The van der Waals surface area contributed by atoms with Crippen LogP contribution in [0.4, 0.5) is 5.00 Å². The zero-order valence-corrected chi connectivity index (χ0v) is 14.7. The van der Waals surface area contributed by atoms with Crippen molar-refractivity contribution in [3.63, 3.8) is 0 Å². The predicted molar refractivity (Wildman–Crippen MR) is 95.3 cm³/mol. The second-order valence-corrected chi connectivity index (χ2v) is 7.94. The molecule has 126 valence electrons. The van der Waals surface area contributed by atoms with Crippen LogP contribution in [-0.2, 0) is 17.6 Å². The first-order valence-electron chi connectivity index (χ1n) is 8.38. The number of carbonyl (C=O) groups excluding carboxylic acids is 1. The summed E-state index contributed by atoms with van der Waals surface area (Å²) in [6.45, 7) is 2.29. The third-order valence-corrected chi connectivity index (χ3v) is 6.34. The Morgan fingerprint density at radius 2 is 2.17 bits per heavy atom. The number of rotatable bonds is 2. The predicted octanol–water partition coefficient (Wildman–Crippen LogP) is 4.06. The van der Waals surface area contributed by atoms with E-state index in [1.165, 1.54) is 22.4 Å². The van der Waals surface area contributed by atoms with Gasteiger partial charge in [-0.3, -0.25) is 4.79 Å². The van der Waals surface area contributed by atoms with Crippen molar-refractivity contribution in [3.05, 3.63) is 39.8 Å². The molecule has 0 fully saturated rings. The third kappa shape index (κ3) is 2.47. The minimum absolute atomic E-state index is 0.0386. The second kappa shape index (κ2) is 5.81. The molecule has 0 spiro atoms. The van der Waals surface area contributed by atoms with Gasteiger partial charge in [-0.2, -0.15) is 0 Å². The molecule has 2 aliphatic rings. The van der Waals surface area contributed by atoms with Crippen LogP contribution >= 0.6 is 11.3 Å². The van der Waals surface area contributed by atoms with Gasteiger partial charge in [0.1, 0.15) is 0 Å². The SMILES string of the molecule is COc1cc([C@H]2CC(=O)Nc3sc4c(c32)CC[C@@H](C)C4)ccc1O. The zero-order valence-electron chi connectivity index (χ0n) is 13.9. The fourth-order valence-electron chi connectivity index (χ4n) is 3.90. The van der Waals surface area contributed by atoms with E-state index < -0.39 is 0 Å². The molecule has 0 bridgehead atoms. The monoisotopic (exact) mass is 343 g/mol. The Bertz CT molecular complexity index is 811. The number of anilines is 1. The number of amides is 1. The van der Waals surface area contributed by atoms with E-state index in [2.05, 4.69) is 12.2 Å². The van der Waals surface area contributed by atoms with Gasteiger partial charge in [-0.25, -0.2) is 0 Å². The molecule has 4 nitrogen and oxygen atoms in total. The van der Waals surface area contributed by atoms with E-state index in [-0.39, 0.29) is 17.6 Å². The molecule has 5 heteroatoms. The zero-order chi connectivity index (χ0) is 16.8. The smallest absolute Gasteiger partial charge is 0.225 e. The molecule has 1 aromatic carbocycles. The van der Waals surface area contributed by atoms with Gasteiger partial charge in [0.05, 0.1) is 12.1 Å². The lowest BCUT2D eigenvalue weighted by Gasteiger charge is -2.26. The fraction of sp³-hybridized carbons (Fsp3) is 0.421. The van der Waals surface area contributed by atoms with E-state index in [4.69, 9.17) is 4.74 Å². The van der Waals surface area contributed by atoms with E-state index in [1.807, 2.05) is 12.1 Å². The van der Waals surface area contributed by atoms with Gasteiger partial charge in [0.25, 0.3) is 0 Å². The molecule has 1 aliphatic heterocycles. The molecular weight excluding hydrogens is 322 g/mol. The van der Waals surface area contributed by atoms with Crippen molar-refractivity contribution in [2.45, 2.75) is 38.5 Å². The first-order chi connectivity index (χ1) is 11.6. The molecule has 1 aromatic heterocycles. The number of methoxy groups -OCH3 is 1. The maximum absolute atomic E-state index is 12.2. The van der Waals surface area contributed by atoms with Crippen molar-refractivity contribution in [2.24, 2.45) is 5.92 Å². The van der Waals surface area contributed by atoms with Crippen LogP contribution in [0.3, 0.4) is 0 Å². The summed E-state index contributed by atoms with van der Waals surface area (Å²) < 4.78 is 5.25. The van der Waals surface area contributed by atoms with Crippen molar-refractivity contribution < 1.29 is 14.6 Å². The topological polar surface area (TPSA) is 58.6 Å². The Labute approximate surface area is 145 Å². The van der Waals surface area contributed by atoms with Crippen molar-refractivity contribution in [2.75, 3.05) is 12.4 Å².